The van der Waals surface area contributed by atoms with Crippen LogP contribution in [-0.2, 0) is 4.74 Å². The number of aromatic nitrogens is 2. The van der Waals surface area contributed by atoms with Gasteiger partial charge in [-0.2, -0.15) is 0 Å². The molecular weight excluding hydrogens is 232 g/mol. The summed E-state index contributed by atoms with van der Waals surface area (Å²) < 4.78 is 5.07. The summed E-state index contributed by atoms with van der Waals surface area (Å²) in [5, 5.41) is 10.3. The van der Waals surface area contributed by atoms with E-state index in [1.54, 1.807) is 19.2 Å². The van der Waals surface area contributed by atoms with Crippen LogP contribution in [0.15, 0.2) is 12.1 Å². The van der Waals surface area contributed by atoms with Gasteiger partial charge in [0.1, 0.15) is 5.82 Å². The Balaban J connectivity index is 1.83. The van der Waals surface area contributed by atoms with Crippen molar-refractivity contribution < 1.29 is 9.53 Å². The number of carbonyl (C=O) groups is 1. The van der Waals surface area contributed by atoms with Gasteiger partial charge < -0.3 is 15.8 Å². The highest BCUT2D eigenvalue weighted by Gasteiger charge is 2.42. The lowest BCUT2D eigenvalue weighted by atomic mass is 10.0. The molecule has 0 atom stereocenters. The fourth-order valence-electron chi connectivity index (χ4n) is 1.83. The molecule has 0 aromatic carbocycles. The zero-order chi connectivity index (χ0) is 13.0. The number of rotatable bonds is 6. The summed E-state index contributed by atoms with van der Waals surface area (Å²) in [6.07, 6.45) is 3.27. The normalized spacial score (nSPS) is 16.3. The van der Waals surface area contributed by atoms with Gasteiger partial charge in [0.25, 0.3) is 5.91 Å². The number of carbonyl (C=O) groups excluding carboxylic acids is 1. The molecule has 1 aromatic rings. The van der Waals surface area contributed by atoms with E-state index in [1.165, 1.54) is 0 Å². The van der Waals surface area contributed by atoms with Gasteiger partial charge in [-0.15, -0.1) is 10.2 Å². The molecule has 6 nitrogen and oxygen atoms in total. The van der Waals surface area contributed by atoms with Crippen LogP contribution in [0.2, 0.25) is 0 Å². The van der Waals surface area contributed by atoms with Crippen molar-refractivity contribution in [1.82, 2.24) is 15.5 Å². The van der Waals surface area contributed by atoms with Gasteiger partial charge in [-0.3, -0.25) is 4.79 Å². The first kappa shape index (κ1) is 12.8. The van der Waals surface area contributed by atoms with E-state index < -0.39 is 0 Å². The molecule has 1 fully saturated rings. The number of ether oxygens (including phenoxy) is 1. The molecule has 0 unspecified atom stereocenters. The minimum atomic E-state index is -0.203. The maximum absolute atomic E-state index is 11.8. The maximum Gasteiger partial charge on any atom is 0.271 e. The second-order valence-electron chi connectivity index (χ2n) is 4.77. The van der Waals surface area contributed by atoms with Crippen molar-refractivity contribution in [1.29, 1.82) is 0 Å². The number of nitrogens with one attached hydrogen (secondary N) is 1. The molecule has 3 N–H and O–H groups in total. The Bertz CT molecular complexity index is 415. The fourth-order valence-corrected chi connectivity index (χ4v) is 1.83. The van der Waals surface area contributed by atoms with Crippen molar-refractivity contribution in [2.45, 2.75) is 19.3 Å². The average Bonchev–Trinajstić information content (AvgIpc) is 3.15. The molecule has 98 valence electrons. The highest BCUT2D eigenvalue weighted by molar-refractivity contribution is 5.92. The van der Waals surface area contributed by atoms with Gasteiger partial charge in [0.05, 0.1) is 0 Å². The predicted octanol–water partition coefficient (Wildman–Crippen LogP) is 0.605. The molecule has 2 rings (SSSR count). The molecule has 6 heteroatoms. The van der Waals surface area contributed by atoms with Gasteiger partial charge in [0, 0.05) is 20.3 Å². The number of hydrogen-bond donors (Lipinski definition) is 2. The van der Waals surface area contributed by atoms with Crippen molar-refractivity contribution in [2.75, 3.05) is 26.0 Å². The van der Waals surface area contributed by atoms with Crippen molar-refractivity contribution in [2.24, 2.45) is 5.41 Å². The van der Waals surface area contributed by atoms with Gasteiger partial charge in [-0.05, 0) is 36.8 Å². The third kappa shape index (κ3) is 3.16. The van der Waals surface area contributed by atoms with Crippen LogP contribution in [0.1, 0.15) is 29.8 Å². The van der Waals surface area contributed by atoms with Crippen LogP contribution in [0.5, 0.6) is 0 Å². The Hall–Kier alpha value is -1.69. The predicted molar refractivity (Wildman–Crippen MR) is 66.9 cm³/mol. The first-order valence-corrected chi connectivity index (χ1v) is 6.02. The van der Waals surface area contributed by atoms with Crippen LogP contribution in [-0.4, -0.2) is 36.4 Å². The highest BCUT2D eigenvalue weighted by atomic mass is 16.5. The summed E-state index contributed by atoms with van der Waals surface area (Å²) in [6, 6.07) is 3.14. The van der Waals surface area contributed by atoms with E-state index in [1.807, 2.05) is 0 Å². The van der Waals surface area contributed by atoms with Crippen LogP contribution in [0.3, 0.4) is 0 Å². The van der Waals surface area contributed by atoms with Crippen LogP contribution < -0.4 is 11.1 Å². The minimum absolute atomic E-state index is 0.203. The number of nitrogens with zero attached hydrogens (tertiary/aromatic N) is 2. The summed E-state index contributed by atoms with van der Waals surface area (Å²) in [5.74, 6) is 0.108. The Kier molecular flexibility index (Phi) is 3.76. The Morgan fingerprint density at radius 3 is 2.83 bits per heavy atom. The quantitative estimate of drug-likeness (QED) is 0.771. The standard InChI is InChI=1S/C12H18N4O2/c1-18-7-6-12(4-5-12)8-14-11(17)9-2-3-10(13)16-15-9/h2-3H,4-8H2,1H3,(H2,13,16)(H,14,17). The van der Waals surface area contributed by atoms with Crippen LogP contribution in [0.4, 0.5) is 5.82 Å². The third-order valence-electron chi connectivity index (χ3n) is 3.34. The average molecular weight is 250 g/mol. The molecule has 0 bridgehead atoms. The molecule has 0 aliphatic heterocycles. The van der Waals surface area contributed by atoms with Crippen LogP contribution in [0, 0.1) is 5.41 Å². The molecule has 0 saturated heterocycles. The Labute approximate surface area is 106 Å². The summed E-state index contributed by atoms with van der Waals surface area (Å²) in [4.78, 5) is 11.8. The van der Waals surface area contributed by atoms with Crippen LogP contribution in [0.25, 0.3) is 0 Å². The van der Waals surface area contributed by atoms with E-state index in [2.05, 4.69) is 15.5 Å². The van der Waals surface area contributed by atoms with E-state index in [0.717, 1.165) is 25.9 Å². The first-order valence-electron chi connectivity index (χ1n) is 6.02. The number of nitrogens with two attached hydrogens (primary N) is 1. The van der Waals surface area contributed by atoms with Gasteiger partial charge in [-0.1, -0.05) is 0 Å². The smallest absolute Gasteiger partial charge is 0.271 e. The van der Waals surface area contributed by atoms with Crippen LogP contribution >= 0.6 is 0 Å². The fraction of sp³-hybridized carbons (Fsp3) is 0.583. The molecule has 0 spiro atoms. The van der Waals surface area contributed by atoms with Crippen molar-refractivity contribution >= 4 is 11.7 Å². The molecule has 1 heterocycles. The summed E-state index contributed by atoms with van der Waals surface area (Å²) in [7, 11) is 1.69. The number of anilines is 1. The number of amides is 1. The largest absolute Gasteiger partial charge is 0.385 e. The SMILES string of the molecule is COCCC1(CNC(=O)c2ccc(N)nn2)CC1. The van der Waals surface area contributed by atoms with Gasteiger partial charge in [-0.25, -0.2) is 0 Å². The maximum atomic E-state index is 11.8. The molecule has 1 aliphatic rings. The second kappa shape index (κ2) is 5.30. The lowest BCUT2D eigenvalue weighted by Crippen LogP contribution is -2.31. The number of nitrogen functional groups attached to an aromatic ring is 1. The minimum Gasteiger partial charge on any atom is -0.385 e. The van der Waals surface area contributed by atoms with Gasteiger partial charge in [0.15, 0.2) is 5.69 Å². The summed E-state index contributed by atoms with van der Waals surface area (Å²) in [6.45, 7) is 1.40. The lowest BCUT2D eigenvalue weighted by Gasteiger charge is -2.15. The lowest BCUT2D eigenvalue weighted by molar-refractivity contribution is 0.0932. The molecular formula is C12H18N4O2. The third-order valence-corrected chi connectivity index (χ3v) is 3.34. The zero-order valence-electron chi connectivity index (χ0n) is 10.5. The number of hydrogen-bond acceptors (Lipinski definition) is 5. The monoisotopic (exact) mass is 250 g/mol. The topological polar surface area (TPSA) is 90.1 Å². The molecule has 1 aliphatic carbocycles. The van der Waals surface area contributed by atoms with Gasteiger partial charge in [0.2, 0.25) is 0 Å². The Morgan fingerprint density at radius 1 is 1.50 bits per heavy atom. The highest BCUT2D eigenvalue weighted by Crippen LogP contribution is 2.48. The first-order chi connectivity index (χ1) is 8.65. The van der Waals surface area contributed by atoms with Crippen molar-refractivity contribution in [3.8, 4) is 0 Å². The Morgan fingerprint density at radius 2 is 2.28 bits per heavy atom. The molecule has 1 saturated carbocycles. The molecule has 1 amide bonds. The van der Waals surface area contributed by atoms with E-state index in [9.17, 15) is 4.79 Å². The van der Waals surface area contributed by atoms with Crippen molar-refractivity contribution in [3.05, 3.63) is 17.8 Å². The van der Waals surface area contributed by atoms with E-state index in [-0.39, 0.29) is 11.3 Å². The molecule has 18 heavy (non-hydrogen) atoms. The molecule has 0 radical (unpaired) electrons. The van der Waals surface area contributed by atoms with E-state index in [0.29, 0.717) is 18.1 Å². The molecule has 1 aromatic heterocycles. The van der Waals surface area contributed by atoms with E-state index in [4.69, 9.17) is 10.5 Å². The zero-order valence-corrected chi connectivity index (χ0v) is 10.5. The summed E-state index contributed by atoms with van der Waals surface area (Å²) in [5.41, 5.74) is 5.94. The van der Waals surface area contributed by atoms with Gasteiger partial charge >= 0.3 is 0 Å². The second-order valence-corrected chi connectivity index (χ2v) is 4.77. The van der Waals surface area contributed by atoms with E-state index >= 15 is 0 Å². The summed E-state index contributed by atoms with van der Waals surface area (Å²) >= 11 is 0. The number of methoxy groups -OCH3 is 1. The van der Waals surface area contributed by atoms with Crippen molar-refractivity contribution in [3.63, 3.8) is 0 Å².